The third-order valence-corrected chi connectivity index (χ3v) is 4.40. The van der Waals surface area contributed by atoms with Crippen LogP contribution >= 0.6 is 11.3 Å². The molecule has 3 aromatic rings. The van der Waals surface area contributed by atoms with E-state index in [1.54, 1.807) is 24.3 Å². The zero-order chi connectivity index (χ0) is 17.8. The molecular formula is C16H14FN5O2S. The molecule has 0 radical (unpaired) electrons. The Morgan fingerprint density at radius 2 is 2.12 bits per heavy atom. The van der Waals surface area contributed by atoms with E-state index in [1.807, 2.05) is 0 Å². The number of hydrogen-bond donors (Lipinski definition) is 1. The summed E-state index contributed by atoms with van der Waals surface area (Å²) in [6.07, 6.45) is 0. The van der Waals surface area contributed by atoms with Crippen LogP contribution in [0, 0.1) is 5.82 Å². The van der Waals surface area contributed by atoms with Gasteiger partial charge in [0, 0.05) is 17.4 Å². The normalized spacial score (nSPS) is 10.6. The number of amides is 1. The molecule has 1 amide bonds. The topological polar surface area (TPSA) is 89.8 Å². The van der Waals surface area contributed by atoms with E-state index in [9.17, 15) is 14.0 Å². The van der Waals surface area contributed by atoms with Gasteiger partial charge in [0.05, 0.1) is 11.4 Å². The number of halogens is 1. The zero-order valence-electron chi connectivity index (χ0n) is 13.3. The van der Waals surface area contributed by atoms with Crippen LogP contribution in [0.5, 0.6) is 0 Å². The van der Waals surface area contributed by atoms with E-state index in [1.165, 1.54) is 35.2 Å². The fraction of sp³-hybridized carbons (Fsp3) is 0.188. The molecule has 0 atom stereocenters. The van der Waals surface area contributed by atoms with E-state index in [-0.39, 0.29) is 24.1 Å². The van der Waals surface area contributed by atoms with E-state index in [0.29, 0.717) is 17.0 Å². The monoisotopic (exact) mass is 359 g/mol. The highest BCUT2D eigenvalue weighted by atomic mass is 32.1. The number of carbonyl (C=O) groups excluding carboxylic acids is 2. The van der Waals surface area contributed by atoms with Crippen LogP contribution in [-0.4, -0.2) is 31.9 Å². The molecule has 0 aliphatic heterocycles. The summed E-state index contributed by atoms with van der Waals surface area (Å²) in [5.74, 6) is -0.430. The molecule has 0 aliphatic rings. The van der Waals surface area contributed by atoms with Crippen LogP contribution in [0.3, 0.4) is 0 Å². The van der Waals surface area contributed by atoms with E-state index >= 15 is 0 Å². The van der Waals surface area contributed by atoms with Crippen molar-refractivity contribution in [3.05, 3.63) is 52.0 Å². The number of hydrogen-bond acceptors (Lipinski definition) is 6. The Balaban J connectivity index is 1.66. The maximum atomic E-state index is 13.2. The lowest BCUT2D eigenvalue weighted by Gasteiger charge is -1.98. The van der Waals surface area contributed by atoms with Crippen molar-refractivity contribution in [2.45, 2.75) is 20.0 Å². The summed E-state index contributed by atoms with van der Waals surface area (Å²) in [6, 6.07) is 9.34. The summed E-state index contributed by atoms with van der Waals surface area (Å²) in [5, 5.41) is 14.5. The zero-order valence-corrected chi connectivity index (χ0v) is 14.1. The van der Waals surface area contributed by atoms with Crippen molar-refractivity contribution in [1.82, 2.24) is 25.5 Å². The molecule has 3 rings (SSSR count). The highest BCUT2D eigenvalue weighted by Gasteiger charge is 2.13. The summed E-state index contributed by atoms with van der Waals surface area (Å²) in [6.45, 7) is 1.76. The lowest BCUT2D eigenvalue weighted by Crippen LogP contribution is -2.18. The first kappa shape index (κ1) is 16.9. The molecule has 0 saturated carbocycles. The molecule has 25 heavy (non-hydrogen) atoms. The highest BCUT2D eigenvalue weighted by molar-refractivity contribution is 7.14. The van der Waals surface area contributed by atoms with Crippen molar-refractivity contribution in [3.8, 4) is 11.4 Å². The van der Waals surface area contributed by atoms with Crippen LogP contribution in [0.25, 0.3) is 11.4 Å². The van der Waals surface area contributed by atoms with Crippen LogP contribution in [0.15, 0.2) is 36.4 Å². The minimum Gasteiger partial charge on any atom is -0.351 e. The number of benzene rings is 1. The van der Waals surface area contributed by atoms with E-state index in [2.05, 4.69) is 20.7 Å². The number of rotatable bonds is 6. The summed E-state index contributed by atoms with van der Waals surface area (Å²) in [5.41, 5.74) is 0.493. The van der Waals surface area contributed by atoms with Crippen molar-refractivity contribution in [3.63, 3.8) is 0 Å². The van der Waals surface area contributed by atoms with Gasteiger partial charge in [-0.2, -0.15) is 4.80 Å². The summed E-state index contributed by atoms with van der Waals surface area (Å²) >= 11 is 1.30. The Hall–Kier alpha value is -2.94. The molecule has 1 N–H and O–H groups in total. The first-order valence-corrected chi connectivity index (χ1v) is 8.23. The molecule has 0 saturated heterocycles. The Kier molecular flexibility index (Phi) is 4.94. The fourth-order valence-corrected chi connectivity index (χ4v) is 2.97. The Morgan fingerprint density at radius 1 is 1.28 bits per heavy atom. The summed E-state index contributed by atoms with van der Waals surface area (Å²) < 4.78 is 13.2. The van der Waals surface area contributed by atoms with Crippen LogP contribution in [0.4, 0.5) is 4.39 Å². The van der Waals surface area contributed by atoms with E-state index in [4.69, 9.17) is 0 Å². The molecule has 0 bridgehead atoms. The lowest BCUT2D eigenvalue weighted by atomic mass is 10.2. The molecule has 2 aromatic heterocycles. The Morgan fingerprint density at radius 3 is 2.88 bits per heavy atom. The number of nitrogens with zero attached hydrogens (tertiary/aromatic N) is 4. The van der Waals surface area contributed by atoms with Gasteiger partial charge < -0.3 is 5.32 Å². The average molecular weight is 359 g/mol. The van der Waals surface area contributed by atoms with Gasteiger partial charge in [-0.1, -0.05) is 12.1 Å². The molecule has 0 fully saturated rings. The SMILES string of the molecule is CC(=O)NCc1ccc(C(=O)Cn2nnc(-c3cccc(F)c3)n2)s1. The van der Waals surface area contributed by atoms with Gasteiger partial charge in [0.2, 0.25) is 11.7 Å². The van der Waals surface area contributed by atoms with Crippen LogP contribution < -0.4 is 5.32 Å². The minimum atomic E-state index is -0.393. The van der Waals surface area contributed by atoms with Gasteiger partial charge in [-0.3, -0.25) is 9.59 Å². The van der Waals surface area contributed by atoms with Gasteiger partial charge in [0.15, 0.2) is 5.78 Å². The number of Topliss-reactive ketones (excluding diaryl/α,β-unsaturated/α-hetero) is 1. The number of ketones is 1. The molecule has 2 heterocycles. The third kappa shape index (κ3) is 4.32. The van der Waals surface area contributed by atoms with Gasteiger partial charge in [-0.05, 0) is 29.5 Å². The lowest BCUT2D eigenvalue weighted by molar-refractivity contribution is -0.119. The van der Waals surface area contributed by atoms with Gasteiger partial charge >= 0.3 is 0 Å². The smallest absolute Gasteiger partial charge is 0.217 e. The second-order valence-corrected chi connectivity index (χ2v) is 6.42. The largest absolute Gasteiger partial charge is 0.351 e. The van der Waals surface area contributed by atoms with E-state index in [0.717, 1.165) is 4.88 Å². The highest BCUT2D eigenvalue weighted by Crippen LogP contribution is 2.18. The minimum absolute atomic E-state index is 0.0671. The number of aromatic nitrogens is 4. The number of carbonyl (C=O) groups is 2. The summed E-state index contributed by atoms with van der Waals surface area (Å²) in [4.78, 5) is 25.8. The van der Waals surface area contributed by atoms with Gasteiger partial charge in [-0.15, -0.1) is 21.5 Å². The average Bonchev–Trinajstić information content (AvgIpc) is 3.22. The van der Waals surface area contributed by atoms with Crippen LogP contribution in [0.2, 0.25) is 0 Å². The fourth-order valence-electron chi connectivity index (χ4n) is 2.09. The number of tetrazole rings is 1. The second kappa shape index (κ2) is 7.31. The van der Waals surface area contributed by atoms with Crippen molar-refractivity contribution < 1.29 is 14.0 Å². The predicted octanol–water partition coefficient (Wildman–Crippen LogP) is 2.06. The van der Waals surface area contributed by atoms with Crippen LogP contribution in [-0.2, 0) is 17.9 Å². The van der Waals surface area contributed by atoms with Crippen molar-refractivity contribution in [2.75, 3.05) is 0 Å². The summed E-state index contributed by atoms with van der Waals surface area (Å²) in [7, 11) is 0. The molecule has 1 aromatic carbocycles. The second-order valence-electron chi connectivity index (χ2n) is 5.25. The first-order chi connectivity index (χ1) is 12.0. The molecule has 0 aliphatic carbocycles. The maximum Gasteiger partial charge on any atom is 0.217 e. The van der Waals surface area contributed by atoms with Crippen molar-refractivity contribution in [2.24, 2.45) is 0 Å². The van der Waals surface area contributed by atoms with Gasteiger partial charge in [0.25, 0.3) is 0 Å². The molecule has 0 unspecified atom stereocenters. The molecular weight excluding hydrogens is 345 g/mol. The van der Waals surface area contributed by atoms with Gasteiger partial charge in [-0.25, -0.2) is 4.39 Å². The molecule has 7 nitrogen and oxygen atoms in total. The number of nitrogens with one attached hydrogen (secondary N) is 1. The van der Waals surface area contributed by atoms with Crippen molar-refractivity contribution >= 4 is 23.0 Å². The Labute approximate surface area is 146 Å². The van der Waals surface area contributed by atoms with Gasteiger partial charge in [0.1, 0.15) is 12.4 Å². The van der Waals surface area contributed by atoms with Crippen molar-refractivity contribution in [1.29, 1.82) is 0 Å². The molecule has 0 spiro atoms. The Bertz CT molecular complexity index is 921. The maximum absolute atomic E-state index is 13.2. The molecule has 128 valence electrons. The van der Waals surface area contributed by atoms with E-state index < -0.39 is 5.82 Å². The number of thiophene rings is 1. The predicted molar refractivity (Wildman–Crippen MR) is 89.4 cm³/mol. The third-order valence-electron chi connectivity index (χ3n) is 3.27. The van der Waals surface area contributed by atoms with Crippen LogP contribution in [0.1, 0.15) is 21.5 Å². The molecule has 9 heteroatoms. The standard InChI is InChI=1S/C16H14FN5O2S/c1-10(23)18-8-13-5-6-15(25-13)14(24)9-22-20-16(19-21-22)11-3-2-4-12(17)7-11/h2-7H,8-9H2,1H3,(H,18,23). The quantitative estimate of drug-likeness (QED) is 0.681. The first-order valence-electron chi connectivity index (χ1n) is 7.41.